The summed E-state index contributed by atoms with van der Waals surface area (Å²) < 4.78 is 0. The third-order valence-corrected chi connectivity index (χ3v) is 3.62. The molecule has 0 saturated carbocycles. The summed E-state index contributed by atoms with van der Waals surface area (Å²) >= 11 is 0. The molecule has 1 fully saturated rings. The molecule has 0 bridgehead atoms. The lowest BCUT2D eigenvalue weighted by Crippen LogP contribution is -2.30. The fraction of sp³-hybridized carbons (Fsp3) is 0.714. The average molecular weight is 253 g/mol. The molecule has 1 aliphatic rings. The first-order chi connectivity index (χ1) is 8.30. The molecule has 0 aromatic rings. The van der Waals surface area contributed by atoms with E-state index >= 15 is 0 Å². The molecule has 1 unspecified atom stereocenters. The Kier molecular flexibility index (Phi) is 4.93. The highest BCUT2D eigenvalue weighted by Crippen LogP contribution is 2.34. The van der Waals surface area contributed by atoms with Gasteiger partial charge in [-0.25, -0.2) is 4.79 Å². The summed E-state index contributed by atoms with van der Waals surface area (Å²) in [6.45, 7) is 7.76. The molecule has 4 nitrogen and oxygen atoms in total. The molecule has 1 saturated heterocycles. The summed E-state index contributed by atoms with van der Waals surface area (Å²) in [6, 6.07) is 0. The second-order valence-electron chi connectivity index (χ2n) is 5.97. The summed E-state index contributed by atoms with van der Waals surface area (Å²) in [7, 11) is 0. The van der Waals surface area contributed by atoms with Crippen LogP contribution in [0.1, 0.15) is 40.0 Å². The summed E-state index contributed by atoms with van der Waals surface area (Å²) in [5, 5.41) is 8.52. The van der Waals surface area contributed by atoms with Gasteiger partial charge in [0.25, 0.3) is 0 Å². The number of aliphatic carboxylic acids is 1. The first kappa shape index (κ1) is 14.7. The summed E-state index contributed by atoms with van der Waals surface area (Å²) in [5.41, 5.74) is 0.229. The lowest BCUT2D eigenvalue weighted by molar-refractivity contribution is -0.132. The molecule has 102 valence electrons. The lowest BCUT2D eigenvalue weighted by atomic mass is 9.77. The summed E-state index contributed by atoms with van der Waals surface area (Å²) in [4.78, 5) is 24.0. The van der Waals surface area contributed by atoms with Gasteiger partial charge >= 0.3 is 5.97 Å². The minimum Gasteiger partial charge on any atom is -0.478 e. The van der Waals surface area contributed by atoms with Crippen LogP contribution in [0.15, 0.2) is 12.2 Å². The Morgan fingerprint density at radius 1 is 1.44 bits per heavy atom. The van der Waals surface area contributed by atoms with E-state index in [-0.39, 0.29) is 11.3 Å². The zero-order chi connectivity index (χ0) is 13.8. The normalized spacial score (nSPS) is 22.3. The number of hydrogen-bond donors (Lipinski definition) is 1. The third kappa shape index (κ3) is 4.51. The van der Waals surface area contributed by atoms with Crippen LogP contribution in [0.4, 0.5) is 0 Å². The van der Waals surface area contributed by atoms with Gasteiger partial charge in [-0.05, 0) is 24.2 Å². The number of rotatable bonds is 3. The largest absolute Gasteiger partial charge is 0.478 e. The molecule has 4 heteroatoms. The van der Waals surface area contributed by atoms with Gasteiger partial charge in [-0.2, -0.15) is 0 Å². The fourth-order valence-corrected chi connectivity index (χ4v) is 2.38. The predicted octanol–water partition coefficient (Wildman–Crippen LogP) is 2.30. The Labute approximate surface area is 109 Å². The van der Waals surface area contributed by atoms with Gasteiger partial charge < -0.3 is 10.0 Å². The van der Waals surface area contributed by atoms with E-state index < -0.39 is 5.97 Å². The predicted molar refractivity (Wildman–Crippen MR) is 70.2 cm³/mol. The van der Waals surface area contributed by atoms with Gasteiger partial charge in [0, 0.05) is 25.6 Å². The van der Waals surface area contributed by atoms with Crippen LogP contribution in [0.3, 0.4) is 0 Å². The van der Waals surface area contributed by atoms with E-state index in [4.69, 9.17) is 5.11 Å². The van der Waals surface area contributed by atoms with Crippen molar-refractivity contribution >= 4 is 11.9 Å². The van der Waals surface area contributed by atoms with Crippen LogP contribution < -0.4 is 0 Å². The molecule has 1 aliphatic heterocycles. The van der Waals surface area contributed by atoms with Crippen LogP contribution >= 0.6 is 0 Å². The molecule has 0 aliphatic carbocycles. The number of carbonyl (C=O) groups is 2. The lowest BCUT2D eigenvalue weighted by Gasteiger charge is -2.29. The van der Waals surface area contributed by atoms with Crippen LogP contribution in [-0.2, 0) is 9.59 Å². The van der Waals surface area contributed by atoms with E-state index in [1.807, 2.05) is 0 Å². The Balaban J connectivity index is 2.57. The maximum absolute atomic E-state index is 11.9. The smallest absolute Gasteiger partial charge is 0.328 e. The van der Waals surface area contributed by atoms with Crippen molar-refractivity contribution in [3.05, 3.63) is 12.2 Å². The maximum atomic E-state index is 11.9. The van der Waals surface area contributed by atoms with E-state index in [0.717, 1.165) is 25.5 Å². The zero-order valence-corrected chi connectivity index (χ0v) is 11.5. The molecule has 0 aromatic carbocycles. The van der Waals surface area contributed by atoms with Crippen LogP contribution in [0.5, 0.6) is 0 Å². The number of hydrogen-bond acceptors (Lipinski definition) is 2. The first-order valence-corrected chi connectivity index (χ1v) is 6.48. The maximum Gasteiger partial charge on any atom is 0.328 e. The van der Waals surface area contributed by atoms with Crippen molar-refractivity contribution in [2.75, 3.05) is 13.1 Å². The third-order valence-electron chi connectivity index (χ3n) is 3.62. The Morgan fingerprint density at radius 2 is 2.11 bits per heavy atom. The highest BCUT2D eigenvalue weighted by Gasteiger charge is 2.29. The van der Waals surface area contributed by atoms with Gasteiger partial charge in [-0.15, -0.1) is 0 Å². The van der Waals surface area contributed by atoms with Crippen molar-refractivity contribution in [1.29, 1.82) is 0 Å². The van der Waals surface area contributed by atoms with Crippen molar-refractivity contribution in [2.45, 2.75) is 40.0 Å². The number of carboxylic acids is 1. The minimum atomic E-state index is -0.968. The van der Waals surface area contributed by atoms with E-state index in [0.29, 0.717) is 18.9 Å². The van der Waals surface area contributed by atoms with E-state index in [2.05, 4.69) is 20.8 Å². The molecule has 1 heterocycles. The standard InChI is InChI=1S/C14H23NO3/c1-14(2,3)11-6-7-12(16)15(10-8-11)9-4-5-13(17)18/h4-5,11H,6-10H2,1-3H3,(H,17,18)/b5-4+. The number of carboxylic acid groups (broad SMARTS) is 1. The highest BCUT2D eigenvalue weighted by molar-refractivity contribution is 5.80. The molecule has 18 heavy (non-hydrogen) atoms. The fourth-order valence-electron chi connectivity index (χ4n) is 2.38. The first-order valence-electron chi connectivity index (χ1n) is 6.48. The van der Waals surface area contributed by atoms with E-state index in [9.17, 15) is 9.59 Å². The number of carbonyl (C=O) groups excluding carboxylic acids is 1. The van der Waals surface area contributed by atoms with Gasteiger partial charge in [0.2, 0.25) is 5.91 Å². The Morgan fingerprint density at radius 3 is 2.67 bits per heavy atom. The quantitative estimate of drug-likeness (QED) is 0.785. The van der Waals surface area contributed by atoms with Gasteiger partial charge in [0.1, 0.15) is 0 Å². The monoisotopic (exact) mass is 253 g/mol. The van der Waals surface area contributed by atoms with Gasteiger partial charge in [-0.3, -0.25) is 4.79 Å². The van der Waals surface area contributed by atoms with Gasteiger partial charge in [0.05, 0.1) is 0 Å². The molecular formula is C14H23NO3. The molecular weight excluding hydrogens is 230 g/mol. The molecule has 1 N–H and O–H groups in total. The molecule has 1 rings (SSSR count). The van der Waals surface area contributed by atoms with Crippen molar-refractivity contribution < 1.29 is 14.7 Å². The van der Waals surface area contributed by atoms with Crippen molar-refractivity contribution in [2.24, 2.45) is 11.3 Å². The van der Waals surface area contributed by atoms with Crippen LogP contribution in [0.25, 0.3) is 0 Å². The molecule has 0 radical (unpaired) electrons. The van der Waals surface area contributed by atoms with Crippen LogP contribution in [0, 0.1) is 11.3 Å². The SMILES string of the molecule is CC(C)(C)C1CCC(=O)N(C/C=C/C(=O)O)CC1. The Bertz CT molecular complexity index is 341. The zero-order valence-electron chi connectivity index (χ0n) is 11.5. The number of likely N-dealkylation sites (tertiary alicyclic amines) is 1. The van der Waals surface area contributed by atoms with E-state index in [1.54, 1.807) is 4.90 Å². The second kappa shape index (κ2) is 6.03. The van der Waals surface area contributed by atoms with Crippen molar-refractivity contribution in [3.8, 4) is 0 Å². The number of nitrogens with zero attached hydrogens (tertiary/aromatic N) is 1. The van der Waals surface area contributed by atoms with E-state index in [1.165, 1.54) is 6.08 Å². The number of amides is 1. The van der Waals surface area contributed by atoms with Crippen LogP contribution in [0.2, 0.25) is 0 Å². The minimum absolute atomic E-state index is 0.136. The summed E-state index contributed by atoms with van der Waals surface area (Å²) in [5.74, 6) is -0.281. The second-order valence-corrected chi connectivity index (χ2v) is 5.97. The topological polar surface area (TPSA) is 57.6 Å². The van der Waals surface area contributed by atoms with Gasteiger partial charge in [0.15, 0.2) is 0 Å². The molecule has 0 spiro atoms. The molecule has 0 aromatic heterocycles. The molecule has 1 amide bonds. The van der Waals surface area contributed by atoms with Gasteiger partial charge in [-0.1, -0.05) is 26.8 Å². The summed E-state index contributed by atoms with van der Waals surface area (Å²) in [6.07, 6.45) is 5.14. The highest BCUT2D eigenvalue weighted by atomic mass is 16.4. The van der Waals surface area contributed by atoms with Crippen LogP contribution in [-0.4, -0.2) is 35.0 Å². The van der Waals surface area contributed by atoms with Crippen molar-refractivity contribution in [3.63, 3.8) is 0 Å². The molecule has 1 atom stereocenters. The van der Waals surface area contributed by atoms with Crippen molar-refractivity contribution in [1.82, 2.24) is 4.90 Å². The Hall–Kier alpha value is -1.32. The average Bonchev–Trinajstić information content (AvgIpc) is 2.40.